The van der Waals surface area contributed by atoms with Gasteiger partial charge in [0.25, 0.3) is 5.91 Å². The molecule has 0 fully saturated rings. The highest BCUT2D eigenvalue weighted by Gasteiger charge is 2.17. The van der Waals surface area contributed by atoms with Crippen molar-refractivity contribution in [3.8, 4) is 0 Å². The van der Waals surface area contributed by atoms with Crippen LogP contribution in [-0.2, 0) is 6.54 Å². The zero-order valence-electron chi connectivity index (χ0n) is 11.4. The van der Waals surface area contributed by atoms with E-state index in [1.54, 1.807) is 30.4 Å². The molecule has 0 saturated heterocycles. The molecule has 0 unspecified atom stereocenters. The molecule has 7 heteroatoms. The van der Waals surface area contributed by atoms with Crippen molar-refractivity contribution in [3.05, 3.63) is 40.8 Å². The fourth-order valence-electron chi connectivity index (χ4n) is 1.80. The Kier molecular flexibility index (Phi) is 4.57. The summed E-state index contributed by atoms with van der Waals surface area (Å²) in [6.07, 6.45) is 4.92. The molecular weight excluding hydrogens is 278 g/mol. The summed E-state index contributed by atoms with van der Waals surface area (Å²) in [4.78, 5) is 18.1. The predicted molar refractivity (Wildman–Crippen MR) is 77.8 cm³/mol. The van der Waals surface area contributed by atoms with Gasteiger partial charge in [-0.1, -0.05) is 11.6 Å². The third-order valence-electron chi connectivity index (χ3n) is 2.76. The Morgan fingerprint density at radius 3 is 2.95 bits per heavy atom. The first-order chi connectivity index (χ1) is 9.61. The smallest absolute Gasteiger partial charge is 0.255 e. The average molecular weight is 294 g/mol. The van der Waals surface area contributed by atoms with Crippen LogP contribution in [0.4, 0.5) is 5.82 Å². The first-order valence-corrected chi connectivity index (χ1v) is 6.62. The number of hydrogen-bond acceptors (Lipinski definition) is 4. The number of aromatic amines is 1. The first-order valence-electron chi connectivity index (χ1n) is 6.24. The largest absolute Gasteiger partial charge is 0.370 e. The van der Waals surface area contributed by atoms with E-state index >= 15 is 0 Å². The van der Waals surface area contributed by atoms with Crippen LogP contribution in [0.2, 0.25) is 5.02 Å². The van der Waals surface area contributed by atoms with E-state index in [2.05, 4.69) is 20.5 Å². The van der Waals surface area contributed by atoms with Crippen molar-refractivity contribution in [2.75, 3.05) is 18.9 Å². The molecule has 0 atom stereocenters. The topological polar surface area (TPSA) is 73.9 Å². The third-order valence-corrected chi connectivity index (χ3v) is 3.07. The number of amides is 1. The molecule has 20 heavy (non-hydrogen) atoms. The summed E-state index contributed by atoms with van der Waals surface area (Å²) in [7, 11) is 1.72. The molecule has 0 aliphatic heterocycles. The number of aromatic nitrogens is 3. The number of nitrogens with zero attached hydrogens (tertiary/aromatic N) is 3. The minimum atomic E-state index is -0.155. The standard InChI is InChI=1S/C13H16ClN5O/c1-3-15-12-4-10(11(14)7-16-12)13(20)19(2)8-9-5-17-18-6-9/h4-7H,3,8H2,1-2H3,(H,15,16)(H,17,18). The van der Waals surface area contributed by atoms with Crippen molar-refractivity contribution in [2.24, 2.45) is 0 Å². The number of halogens is 1. The third kappa shape index (κ3) is 3.27. The second-order valence-electron chi connectivity index (χ2n) is 4.35. The molecule has 1 amide bonds. The lowest BCUT2D eigenvalue weighted by molar-refractivity contribution is 0.0785. The second kappa shape index (κ2) is 6.38. The lowest BCUT2D eigenvalue weighted by Crippen LogP contribution is -2.26. The van der Waals surface area contributed by atoms with Gasteiger partial charge < -0.3 is 10.2 Å². The molecule has 0 spiro atoms. The molecule has 0 aliphatic rings. The maximum atomic E-state index is 12.4. The molecule has 2 aromatic heterocycles. The first kappa shape index (κ1) is 14.3. The van der Waals surface area contributed by atoms with Crippen molar-refractivity contribution < 1.29 is 4.79 Å². The molecule has 2 aromatic rings. The zero-order valence-corrected chi connectivity index (χ0v) is 12.1. The maximum Gasteiger partial charge on any atom is 0.255 e. The maximum absolute atomic E-state index is 12.4. The van der Waals surface area contributed by atoms with E-state index in [1.807, 2.05) is 6.92 Å². The molecule has 2 rings (SSSR count). The minimum absolute atomic E-state index is 0.155. The normalized spacial score (nSPS) is 10.3. The fourth-order valence-corrected chi connectivity index (χ4v) is 1.98. The molecule has 0 aromatic carbocycles. The van der Waals surface area contributed by atoms with Crippen LogP contribution < -0.4 is 5.32 Å². The van der Waals surface area contributed by atoms with Crippen LogP contribution >= 0.6 is 11.6 Å². The lowest BCUT2D eigenvalue weighted by atomic mass is 10.2. The van der Waals surface area contributed by atoms with Gasteiger partial charge in [-0.25, -0.2) is 4.98 Å². The van der Waals surface area contributed by atoms with Gasteiger partial charge in [0.1, 0.15) is 5.82 Å². The molecule has 6 nitrogen and oxygen atoms in total. The summed E-state index contributed by atoms with van der Waals surface area (Å²) in [6.45, 7) is 3.15. The van der Waals surface area contributed by atoms with Crippen LogP contribution in [0.25, 0.3) is 0 Å². The van der Waals surface area contributed by atoms with Crippen molar-refractivity contribution in [1.82, 2.24) is 20.1 Å². The Balaban J connectivity index is 2.17. The average Bonchev–Trinajstić information content (AvgIpc) is 2.93. The zero-order chi connectivity index (χ0) is 14.5. The highest BCUT2D eigenvalue weighted by atomic mass is 35.5. The Morgan fingerprint density at radius 2 is 2.30 bits per heavy atom. The van der Waals surface area contributed by atoms with Gasteiger partial charge in [0.2, 0.25) is 0 Å². The van der Waals surface area contributed by atoms with Crippen LogP contribution in [0.1, 0.15) is 22.8 Å². The Hall–Kier alpha value is -2.08. The molecule has 0 radical (unpaired) electrons. The van der Waals surface area contributed by atoms with Crippen molar-refractivity contribution in [3.63, 3.8) is 0 Å². The van der Waals surface area contributed by atoms with Crippen molar-refractivity contribution in [1.29, 1.82) is 0 Å². The van der Waals surface area contributed by atoms with E-state index in [1.165, 1.54) is 6.20 Å². The fraction of sp³-hybridized carbons (Fsp3) is 0.308. The van der Waals surface area contributed by atoms with Crippen LogP contribution in [0.15, 0.2) is 24.7 Å². The quantitative estimate of drug-likeness (QED) is 0.886. The molecular formula is C13H16ClN5O. The summed E-state index contributed by atoms with van der Waals surface area (Å²) in [5.74, 6) is 0.481. The monoisotopic (exact) mass is 293 g/mol. The Morgan fingerprint density at radius 1 is 1.50 bits per heavy atom. The lowest BCUT2D eigenvalue weighted by Gasteiger charge is -2.17. The number of H-pyrrole nitrogens is 1. The van der Waals surface area contributed by atoms with Gasteiger partial charge in [-0.15, -0.1) is 0 Å². The van der Waals surface area contributed by atoms with E-state index in [-0.39, 0.29) is 5.91 Å². The van der Waals surface area contributed by atoms with E-state index in [0.717, 1.165) is 12.1 Å². The Labute approximate surface area is 122 Å². The highest BCUT2D eigenvalue weighted by molar-refractivity contribution is 6.33. The summed E-state index contributed by atoms with van der Waals surface area (Å²) in [5.41, 5.74) is 1.36. The van der Waals surface area contributed by atoms with Gasteiger partial charge in [-0.3, -0.25) is 9.89 Å². The summed E-state index contributed by atoms with van der Waals surface area (Å²) in [5, 5.41) is 9.97. The molecule has 0 bridgehead atoms. The van der Waals surface area contributed by atoms with E-state index < -0.39 is 0 Å². The van der Waals surface area contributed by atoms with Gasteiger partial charge in [-0.2, -0.15) is 5.10 Å². The van der Waals surface area contributed by atoms with Crippen molar-refractivity contribution >= 4 is 23.3 Å². The van der Waals surface area contributed by atoms with Crippen LogP contribution in [0.5, 0.6) is 0 Å². The summed E-state index contributed by atoms with van der Waals surface area (Å²) < 4.78 is 0. The number of carbonyl (C=O) groups excluding carboxylic acids is 1. The number of carbonyl (C=O) groups is 1. The number of anilines is 1. The van der Waals surface area contributed by atoms with E-state index in [9.17, 15) is 4.79 Å². The van der Waals surface area contributed by atoms with Gasteiger partial charge in [0, 0.05) is 38.1 Å². The minimum Gasteiger partial charge on any atom is -0.370 e. The van der Waals surface area contributed by atoms with Gasteiger partial charge in [0.15, 0.2) is 0 Å². The Bertz CT molecular complexity index is 584. The molecule has 2 heterocycles. The van der Waals surface area contributed by atoms with Crippen LogP contribution in [-0.4, -0.2) is 39.6 Å². The van der Waals surface area contributed by atoms with E-state index in [4.69, 9.17) is 11.6 Å². The summed E-state index contributed by atoms with van der Waals surface area (Å²) in [6, 6.07) is 1.67. The molecule has 2 N–H and O–H groups in total. The molecule has 106 valence electrons. The van der Waals surface area contributed by atoms with E-state index in [0.29, 0.717) is 22.9 Å². The number of nitrogens with one attached hydrogen (secondary N) is 2. The van der Waals surface area contributed by atoms with Gasteiger partial charge in [0.05, 0.1) is 16.8 Å². The SMILES string of the molecule is CCNc1cc(C(=O)N(C)Cc2cn[nH]c2)c(Cl)cn1. The summed E-state index contributed by atoms with van der Waals surface area (Å²) >= 11 is 6.06. The van der Waals surface area contributed by atoms with Crippen molar-refractivity contribution in [2.45, 2.75) is 13.5 Å². The van der Waals surface area contributed by atoms with Crippen LogP contribution in [0, 0.1) is 0 Å². The van der Waals surface area contributed by atoms with Gasteiger partial charge in [-0.05, 0) is 13.0 Å². The number of rotatable bonds is 5. The predicted octanol–water partition coefficient (Wildman–Crippen LogP) is 2.16. The highest BCUT2D eigenvalue weighted by Crippen LogP contribution is 2.20. The molecule has 0 aliphatic carbocycles. The van der Waals surface area contributed by atoms with Crippen LogP contribution in [0.3, 0.4) is 0 Å². The van der Waals surface area contributed by atoms with Gasteiger partial charge >= 0.3 is 0 Å². The molecule has 0 saturated carbocycles. The second-order valence-corrected chi connectivity index (χ2v) is 4.75. The number of hydrogen-bond donors (Lipinski definition) is 2. The number of pyridine rings is 1.